The Labute approximate surface area is 139 Å². The fourth-order valence-corrected chi connectivity index (χ4v) is 2.24. The highest BCUT2D eigenvalue weighted by Gasteiger charge is 2.06. The molecule has 4 heteroatoms. The second-order valence-electron chi connectivity index (χ2n) is 5.14. The number of carbonyl (C=O) groups excluding carboxylic acids is 1. The van der Waals surface area contributed by atoms with E-state index in [2.05, 4.69) is 0 Å². The number of ketones is 1. The normalized spacial score (nSPS) is 10.9. The number of methoxy groups -OCH3 is 1. The number of benzene rings is 2. The first kappa shape index (κ1) is 15.7. The maximum absolute atomic E-state index is 12.9. The van der Waals surface area contributed by atoms with Crippen molar-refractivity contribution in [1.29, 1.82) is 0 Å². The second-order valence-corrected chi connectivity index (χ2v) is 5.14. The van der Waals surface area contributed by atoms with E-state index >= 15 is 0 Å². The van der Waals surface area contributed by atoms with Crippen LogP contribution in [-0.4, -0.2) is 12.9 Å². The summed E-state index contributed by atoms with van der Waals surface area (Å²) < 4.78 is 23.7. The van der Waals surface area contributed by atoms with Gasteiger partial charge in [0.25, 0.3) is 0 Å². The van der Waals surface area contributed by atoms with Crippen molar-refractivity contribution in [3.8, 4) is 17.1 Å². The van der Waals surface area contributed by atoms with Gasteiger partial charge >= 0.3 is 0 Å². The quantitative estimate of drug-likeness (QED) is 0.491. The molecule has 2 aromatic carbocycles. The first-order chi connectivity index (χ1) is 11.7. The smallest absolute Gasteiger partial charge is 0.186 e. The molecule has 1 heterocycles. The summed E-state index contributed by atoms with van der Waals surface area (Å²) in [6.45, 7) is 0. The fraction of sp³-hybridized carbons (Fsp3) is 0.0500. The van der Waals surface area contributed by atoms with E-state index in [1.165, 1.54) is 18.2 Å². The molecule has 3 aromatic rings. The summed E-state index contributed by atoms with van der Waals surface area (Å²) in [5, 5.41) is 0. The highest BCUT2D eigenvalue weighted by Crippen LogP contribution is 2.23. The lowest BCUT2D eigenvalue weighted by atomic mass is 10.1. The largest absolute Gasteiger partial charge is 0.497 e. The van der Waals surface area contributed by atoms with Gasteiger partial charge in [-0.3, -0.25) is 4.79 Å². The number of ether oxygens (including phenoxy) is 1. The molecule has 0 unspecified atom stereocenters. The van der Waals surface area contributed by atoms with Gasteiger partial charge in [0.2, 0.25) is 0 Å². The van der Waals surface area contributed by atoms with Crippen LogP contribution in [0, 0.1) is 5.82 Å². The lowest BCUT2D eigenvalue weighted by molar-refractivity contribution is 0.104. The van der Waals surface area contributed by atoms with Crippen molar-refractivity contribution in [1.82, 2.24) is 0 Å². The van der Waals surface area contributed by atoms with Gasteiger partial charge in [-0.15, -0.1) is 0 Å². The number of hydrogen-bond donors (Lipinski definition) is 0. The van der Waals surface area contributed by atoms with Gasteiger partial charge in [-0.2, -0.15) is 0 Å². The van der Waals surface area contributed by atoms with Crippen molar-refractivity contribution in [3.63, 3.8) is 0 Å². The Morgan fingerprint density at radius 3 is 2.62 bits per heavy atom. The maximum Gasteiger partial charge on any atom is 0.186 e. The molecule has 0 radical (unpaired) electrons. The lowest BCUT2D eigenvalue weighted by Gasteiger charge is -2.00. The van der Waals surface area contributed by atoms with Crippen molar-refractivity contribution in [2.24, 2.45) is 0 Å². The van der Waals surface area contributed by atoms with E-state index in [0.29, 0.717) is 22.8 Å². The zero-order chi connectivity index (χ0) is 16.9. The lowest BCUT2D eigenvalue weighted by Crippen LogP contribution is -1.94. The number of carbonyl (C=O) groups is 1. The predicted molar refractivity (Wildman–Crippen MR) is 90.5 cm³/mol. The van der Waals surface area contributed by atoms with E-state index < -0.39 is 0 Å². The monoisotopic (exact) mass is 322 g/mol. The Bertz CT molecular complexity index is 876. The molecule has 120 valence electrons. The Kier molecular flexibility index (Phi) is 4.57. The summed E-state index contributed by atoms with van der Waals surface area (Å²) in [5.74, 6) is 1.35. The van der Waals surface area contributed by atoms with Crippen molar-refractivity contribution >= 4 is 11.9 Å². The minimum absolute atomic E-state index is 0.145. The summed E-state index contributed by atoms with van der Waals surface area (Å²) >= 11 is 0. The molecule has 24 heavy (non-hydrogen) atoms. The Balaban J connectivity index is 1.75. The molecule has 3 nitrogen and oxygen atoms in total. The molecule has 0 bridgehead atoms. The molecule has 1 aromatic heterocycles. The third kappa shape index (κ3) is 3.60. The number of allylic oxidation sites excluding steroid dienone is 1. The summed E-state index contributed by atoms with van der Waals surface area (Å²) in [4.78, 5) is 12.2. The van der Waals surface area contributed by atoms with Crippen molar-refractivity contribution in [3.05, 3.63) is 83.9 Å². The molecule has 0 saturated carbocycles. The average molecular weight is 322 g/mol. The highest BCUT2D eigenvalue weighted by atomic mass is 19.1. The minimum Gasteiger partial charge on any atom is -0.497 e. The van der Waals surface area contributed by atoms with Crippen LogP contribution in [0.4, 0.5) is 4.39 Å². The molecule has 0 spiro atoms. The van der Waals surface area contributed by atoms with E-state index in [9.17, 15) is 9.18 Å². The molecule has 0 atom stereocenters. The van der Waals surface area contributed by atoms with Crippen LogP contribution >= 0.6 is 0 Å². The number of furan rings is 1. The maximum atomic E-state index is 12.9. The standard InChI is InChI=1S/C20H15FO3/c1-23-18-4-2-3-15(13-18)19(22)11-9-17-10-12-20(24-17)14-5-7-16(21)8-6-14/h2-13H,1H3/b11-9+. The fourth-order valence-electron chi connectivity index (χ4n) is 2.24. The van der Waals surface area contributed by atoms with Crippen LogP contribution < -0.4 is 4.74 Å². The van der Waals surface area contributed by atoms with E-state index in [4.69, 9.17) is 9.15 Å². The molecule has 0 N–H and O–H groups in total. The summed E-state index contributed by atoms with van der Waals surface area (Å²) in [7, 11) is 1.55. The molecule has 0 saturated heterocycles. The summed E-state index contributed by atoms with van der Waals surface area (Å²) in [6.07, 6.45) is 3.05. The zero-order valence-corrected chi connectivity index (χ0v) is 13.0. The second kappa shape index (κ2) is 6.96. The Morgan fingerprint density at radius 1 is 1.08 bits per heavy atom. The first-order valence-corrected chi connectivity index (χ1v) is 7.38. The van der Waals surface area contributed by atoms with Crippen molar-refractivity contribution in [2.75, 3.05) is 7.11 Å². The number of hydrogen-bond acceptors (Lipinski definition) is 3. The molecule has 0 aliphatic rings. The van der Waals surface area contributed by atoms with Crippen molar-refractivity contribution < 1.29 is 18.3 Å². The van der Waals surface area contributed by atoms with Gasteiger partial charge in [0.15, 0.2) is 5.78 Å². The Hall–Kier alpha value is -3.14. The van der Waals surface area contributed by atoms with E-state index in [-0.39, 0.29) is 11.6 Å². The van der Waals surface area contributed by atoms with Crippen LogP contribution in [0.15, 0.2) is 71.2 Å². The molecule has 0 aliphatic carbocycles. The third-order valence-corrected chi connectivity index (χ3v) is 3.51. The molecule has 3 rings (SSSR count). The van der Waals surface area contributed by atoms with Crippen molar-refractivity contribution in [2.45, 2.75) is 0 Å². The number of rotatable bonds is 5. The van der Waals surface area contributed by atoms with Crippen LogP contribution in [-0.2, 0) is 0 Å². The molecular formula is C20H15FO3. The SMILES string of the molecule is COc1cccc(C(=O)/C=C/c2ccc(-c3ccc(F)cc3)o2)c1. The Morgan fingerprint density at radius 2 is 1.88 bits per heavy atom. The zero-order valence-electron chi connectivity index (χ0n) is 13.0. The molecular weight excluding hydrogens is 307 g/mol. The third-order valence-electron chi connectivity index (χ3n) is 3.51. The molecule has 0 aliphatic heterocycles. The first-order valence-electron chi connectivity index (χ1n) is 7.38. The van der Waals surface area contributed by atoms with Gasteiger partial charge in [-0.05, 0) is 60.7 Å². The minimum atomic E-state index is -0.297. The molecule has 0 fully saturated rings. The molecule has 0 amide bonds. The van der Waals surface area contributed by atoms with Crippen LogP contribution in [0.3, 0.4) is 0 Å². The van der Waals surface area contributed by atoms with Gasteiger partial charge < -0.3 is 9.15 Å². The van der Waals surface area contributed by atoms with Gasteiger partial charge in [0.1, 0.15) is 23.1 Å². The summed E-state index contributed by atoms with van der Waals surface area (Å²) in [6, 6.07) is 16.5. The van der Waals surface area contributed by atoms with Crippen LogP contribution in [0.25, 0.3) is 17.4 Å². The van der Waals surface area contributed by atoms with Gasteiger partial charge in [-0.25, -0.2) is 4.39 Å². The van der Waals surface area contributed by atoms with E-state index in [1.54, 1.807) is 61.7 Å². The van der Waals surface area contributed by atoms with E-state index in [0.717, 1.165) is 5.56 Å². The highest BCUT2D eigenvalue weighted by molar-refractivity contribution is 6.06. The van der Waals surface area contributed by atoms with Gasteiger partial charge in [-0.1, -0.05) is 12.1 Å². The van der Waals surface area contributed by atoms with Gasteiger partial charge in [0, 0.05) is 11.1 Å². The summed E-state index contributed by atoms with van der Waals surface area (Å²) in [5.41, 5.74) is 1.31. The number of halogens is 1. The van der Waals surface area contributed by atoms with Crippen LogP contribution in [0.1, 0.15) is 16.1 Å². The average Bonchev–Trinajstić information content (AvgIpc) is 3.09. The van der Waals surface area contributed by atoms with Gasteiger partial charge in [0.05, 0.1) is 7.11 Å². The topological polar surface area (TPSA) is 39.4 Å². The van der Waals surface area contributed by atoms with Crippen LogP contribution in [0.2, 0.25) is 0 Å². The van der Waals surface area contributed by atoms with E-state index in [1.807, 2.05) is 0 Å². The predicted octanol–water partition coefficient (Wildman–Crippen LogP) is 4.99. The van der Waals surface area contributed by atoms with Crippen LogP contribution in [0.5, 0.6) is 5.75 Å².